The van der Waals surface area contributed by atoms with Crippen molar-refractivity contribution in [3.05, 3.63) is 54.1 Å². The Labute approximate surface area is 123 Å². The summed E-state index contributed by atoms with van der Waals surface area (Å²) >= 11 is 0. The van der Waals surface area contributed by atoms with E-state index < -0.39 is 15.7 Å². The average molecular weight is 305 g/mol. The summed E-state index contributed by atoms with van der Waals surface area (Å²) in [6.07, 6.45) is 1.10. The van der Waals surface area contributed by atoms with Crippen LogP contribution in [-0.2, 0) is 9.84 Å². The Morgan fingerprint density at radius 3 is 2.48 bits per heavy atom. The predicted octanol–water partition coefficient (Wildman–Crippen LogP) is 2.35. The van der Waals surface area contributed by atoms with E-state index in [-0.39, 0.29) is 10.6 Å². The predicted molar refractivity (Wildman–Crippen MR) is 80.5 cm³/mol. The fourth-order valence-corrected chi connectivity index (χ4v) is 2.70. The van der Waals surface area contributed by atoms with Gasteiger partial charge < -0.3 is 10.1 Å². The number of ether oxygens (including phenoxy) is 1. The molecule has 5 nitrogen and oxygen atoms in total. The molecule has 6 heteroatoms. The number of nitrogens with one attached hydrogen (secondary N) is 1. The summed E-state index contributed by atoms with van der Waals surface area (Å²) in [6.45, 7) is 0. The second-order valence-corrected chi connectivity index (χ2v) is 6.44. The molecule has 0 spiro atoms. The van der Waals surface area contributed by atoms with Crippen molar-refractivity contribution in [2.75, 3.05) is 18.7 Å². The van der Waals surface area contributed by atoms with Crippen LogP contribution in [-0.4, -0.2) is 27.7 Å². The molecule has 0 aliphatic heterocycles. The molecule has 0 fully saturated rings. The van der Waals surface area contributed by atoms with Crippen molar-refractivity contribution in [3.8, 4) is 5.75 Å². The quantitative estimate of drug-likeness (QED) is 0.941. The van der Waals surface area contributed by atoms with Gasteiger partial charge in [0.2, 0.25) is 0 Å². The van der Waals surface area contributed by atoms with Crippen LogP contribution in [0.4, 0.5) is 5.69 Å². The molecular formula is C15H15NO4S. The van der Waals surface area contributed by atoms with Gasteiger partial charge in [0.25, 0.3) is 5.91 Å². The normalized spacial score (nSPS) is 11.0. The number of rotatable bonds is 4. The molecule has 0 atom stereocenters. The molecule has 0 aliphatic carbocycles. The summed E-state index contributed by atoms with van der Waals surface area (Å²) in [4.78, 5) is 12.3. The molecule has 0 unspecified atom stereocenters. The zero-order chi connectivity index (χ0) is 15.5. The van der Waals surface area contributed by atoms with Gasteiger partial charge in [-0.3, -0.25) is 4.79 Å². The first-order valence-electron chi connectivity index (χ1n) is 6.16. The Morgan fingerprint density at radius 1 is 1.10 bits per heavy atom. The maximum Gasteiger partial charge on any atom is 0.255 e. The van der Waals surface area contributed by atoms with Crippen molar-refractivity contribution in [1.29, 1.82) is 0 Å². The van der Waals surface area contributed by atoms with Crippen LogP contribution in [0.25, 0.3) is 0 Å². The van der Waals surface area contributed by atoms with E-state index in [1.165, 1.54) is 13.2 Å². The van der Waals surface area contributed by atoms with Crippen LogP contribution in [0.5, 0.6) is 5.75 Å². The fraction of sp³-hybridized carbons (Fsp3) is 0.133. The van der Waals surface area contributed by atoms with Gasteiger partial charge in [-0.25, -0.2) is 8.42 Å². The van der Waals surface area contributed by atoms with E-state index in [9.17, 15) is 13.2 Å². The standard InChI is InChI=1S/C15H15NO4S/c1-20-12-7-5-6-11(10-12)15(17)16-13-8-3-4-9-14(13)21(2,18)19/h3-10H,1-2H3,(H,16,17). The summed E-state index contributed by atoms with van der Waals surface area (Å²) in [7, 11) is -1.90. The van der Waals surface area contributed by atoms with E-state index >= 15 is 0 Å². The lowest BCUT2D eigenvalue weighted by atomic mass is 10.2. The Kier molecular flexibility index (Phi) is 4.28. The minimum Gasteiger partial charge on any atom is -0.497 e. The summed E-state index contributed by atoms with van der Waals surface area (Å²) < 4.78 is 28.5. The van der Waals surface area contributed by atoms with Gasteiger partial charge in [-0.2, -0.15) is 0 Å². The molecule has 2 rings (SSSR count). The smallest absolute Gasteiger partial charge is 0.255 e. The van der Waals surface area contributed by atoms with Crippen molar-refractivity contribution in [3.63, 3.8) is 0 Å². The first-order valence-corrected chi connectivity index (χ1v) is 8.05. The minimum atomic E-state index is -3.41. The van der Waals surface area contributed by atoms with Gasteiger partial charge in [0, 0.05) is 11.8 Å². The van der Waals surface area contributed by atoms with E-state index in [1.807, 2.05) is 0 Å². The molecule has 0 aromatic heterocycles. The average Bonchev–Trinajstić information content (AvgIpc) is 2.46. The summed E-state index contributed by atoms with van der Waals surface area (Å²) in [5.74, 6) is 0.157. The summed E-state index contributed by atoms with van der Waals surface area (Å²) in [5.41, 5.74) is 0.644. The molecule has 110 valence electrons. The number of hydrogen-bond donors (Lipinski definition) is 1. The highest BCUT2D eigenvalue weighted by molar-refractivity contribution is 7.90. The molecule has 0 bridgehead atoms. The number of benzene rings is 2. The third-order valence-electron chi connectivity index (χ3n) is 2.87. The number of carbonyl (C=O) groups excluding carboxylic acids is 1. The maximum absolute atomic E-state index is 12.2. The molecule has 2 aromatic carbocycles. The molecule has 1 amide bonds. The van der Waals surface area contributed by atoms with E-state index in [0.717, 1.165) is 6.26 Å². The number of anilines is 1. The second-order valence-electron chi connectivity index (χ2n) is 4.45. The SMILES string of the molecule is COc1cccc(C(=O)Nc2ccccc2S(C)(=O)=O)c1. The largest absolute Gasteiger partial charge is 0.497 e. The maximum atomic E-state index is 12.2. The Balaban J connectivity index is 2.32. The Morgan fingerprint density at radius 2 is 1.81 bits per heavy atom. The van der Waals surface area contributed by atoms with Crippen molar-refractivity contribution in [2.24, 2.45) is 0 Å². The number of sulfone groups is 1. The number of amides is 1. The van der Waals surface area contributed by atoms with Gasteiger partial charge in [0.1, 0.15) is 5.75 Å². The van der Waals surface area contributed by atoms with Crippen molar-refractivity contribution >= 4 is 21.4 Å². The Hall–Kier alpha value is -2.34. The van der Waals surface area contributed by atoms with Gasteiger partial charge >= 0.3 is 0 Å². The van der Waals surface area contributed by atoms with E-state index in [4.69, 9.17) is 4.74 Å². The highest BCUT2D eigenvalue weighted by Crippen LogP contribution is 2.22. The lowest BCUT2D eigenvalue weighted by Gasteiger charge is -2.10. The molecular weight excluding hydrogens is 290 g/mol. The molecule has 2 aromatic rings. The Bertz CT molecular complexity index is 769. The van der Waals surface area contributed by atoms with Crippen LogP contribution in [0.2, 0.25) is 0 Å². The molecule has 0 saturated carbocycles. The molecule has 0 heterocycles. The zero-order valence-electron chi connectivity index (χ0n) is 11.7. The minimum absolute atomic E-state index is 0.0845. The molecule has 0 radical (unpaired) electrons. The van der Waals surface area contributed by atoms with Crippen molar-refractivity contribution < 1.29 is 17.9 Å². The zero-order valence-corrected chi connectivity index (χ0v) is 12.5. The van der Waals surface area contributed by atoms with Crippen LogP contribution in [0.1, 0.15) is 10.4 Å². The van der Waals surface area contributed by atoms with E-state index in [1.54, 1.807) is 42.5 Å². The highest BCUT2D eigenvalue weighted by Gasteiger charge is 2.15. The van der Waals surface area contributed by atoms with Gasteiger partial charge in [-0.05, 0) is 30.3 Å². The first-order chi connectivity index (χ1) is 9.91. The highest BCUT2D eigenvalue weighted by atomic mass is 32.2. The summed E-state index contributed by atoms with van der Waals surface area (Å²) in [5, 5.41) is 2.61. The molecule has 1 N–H and O–H groups in total. The van der Waals surface area contributed by atoms with Crippen molar-refractivity contribution in [1.82, 2.24) is 0 Å². The first kappa shape index (κ1) is 15.1. The molecule has 21 heavy (non-hydrogen) atoms. The lowest BCUT2D eigenvalue weighted by Crippen LogP contribution is -2.14. The number of carbonyl (C=O) groups is 1. The third kappa shape index (κ3) is 3.61. The third-order valence-corrected chi connectivity index (χ3v) is 4.02. The van der Waals surface area contributed by atoms with Crippen LogP contribution in [0.15, 0.2) is 53.4 Å². The van der Waals surface area contributed by atoms with Crippen LogP contribution in [0, 0.1) is 0 Å². The molecule has 0 saturated heterocycles. The monoisotopic (exact) mass is 305 g/mol. The molecule has 0 aliphatic rings. The van der Waals surface area contributed by atoms with Gasteiger partial charge in [0.15, 0.2) is 9.84 Å². The van der Waals surface area contributed by atoms with Gasteiger partial charge in [0.05, 0.1) is 17.7 Å². The second kappa shape index (κ2) is 5.97. The number of hydrogen-bond acceptors (Lipinski definition) is 4. The van der Waals surface area contributed by atoms with E-state index in [0.29, 0.717) is 11.3 Å². The van der Waals surface area contributed by atoms with Crippen LogP contribution < -0.4 is 10.1 Å². The van der Waals surface area contributed by atoms with E-state index in [2.05, 4.69) is 5.32 Å². The lowest BCUT2D eigenvalue weighted by molar-refractivity contribution is 0.102. The number of para-hydroxylation sites is 1. The summed E-state index contributed by atoms with van der Waals surface area (Å²) in [6, 6.07) is 12.9. The fourth-order valence-electron chi connectivity index (χ4n) is 1.85. The van der Waals surface area contributed by atoms with Crippen molar-refractivity contribution in [2.45, 2.75) is 4.90 Å². The topological polar surface area (TPSA) is 72.5 Å². The van der Waals surface area contributed by atoms with Gasteiger partial charge in [-0.1, -0.05) is 18.2 Å². The number of methoxy groups -OCH3 is 1. The van der Waals surface area contributed by atoms with Gasteiger partial charge in [-0.15, -0.1) is 0 Å². The van der Waals surface area contributed by atoms with Crippen LogP contribution in [0.3, 0.4) is 0 Å². The van der Waals surface area contributed by atoms with Crippen LogP contribution >= 0.6 is 0 Å².